The molecular weight excluding hydrogens is 272 g/mol. The quantitative estimate of drug-likeness (QED) is 0.896. The lowest BCUT2D eigenvalue weighted by atomic mass is 10.1. The van der Waals surface area contributed by atoms with E-state index in [-0.39, 0.29) is 6.03 Å². The van der Waals surface area contributed by atoms with Gasteiger partial charge in [0, 0.05) is 24.1 Å². The Morgan fingerprint density at radius 3 is 3.10 bits per heavy atom. The van der Waals surface area contributed by atoms with Gasteiger partial charge in [-0.25, -0.2) is 4.79 Å². The summed E-state index contributed by atoms with van der Waals surface area (Å²) in [7, 11) is 0. The first-order valence-electron chi connectivity index (χ1n) is 7.27. The van der Waals surface area contributed by atoms with E-state index in [4.69, 9.17) is 0 Å². The van der Waals surface area contributed by atoms with Gasteiger partial charge < -0.3 is 10.2 Å². The number of nitrogens with zero attached hydrogens (tertiary/aromatic N) is 2. The van der Waals surface area contributed by atoms with Crippen molar-refractivity contribution in [1.29, 1.82) is 0 Å². The summed E-state index contributed by atoms with van der Waals surface area (Å²) in [6.07, 6.45) is 0.907. The third-order valence-electron chi connectivity index (χ3n) is 3.60. The molecule has 2 rings (SSSR count). The van der Waals surface area contributed by atoms with Crippen molar-refractivity contribution >= 4 is 17.8 Å². The summed E-state index contributed by atoms with van der Waals surface area (Å²) in [5, 5.41) is 10.6. The van der Waals surface area contributed by atoms with Crippen LogP contribution in [0.3, 0.4) is 0 Å². The largest absolute Gasteiger partial charge is 0.332 e. The number of aromatic nitrogens is 2. The predicted molar refractivity (Wildman–Crippen MR) is 82.9 cm³/mol. The standard InChI is InChI=1S/C14H24N4OS/c1-4-11-7-12(17-16-11)8-15-14(19)18-5-6-20-13(9-18)10(2)3/h7,10,13H,4-6,8-9H2,1-3H3,(H,15,19)(H,16,17)/t13-/m0/s1. The van der Waals surface area contributed by atoms with Crippen molar-refractivity contribution in [2.45, 2.75) is 39.0 Å². The molecule has 112 valence electrons. The lowest BCUT2D eigenvalue weighted by molar-refractivity contribution is 0.196. The minimum atomic E-state index is 0.0311. The normalized spacial score (nSPS) is 19.4. The number of hydrogen-bond acceptors (Lipinski definition) is 3. The Morgan fingerprint density at radius 2 is 2.45 bits per heavy atom. The smallest absolute Gasteiger partial charge is 0.317 e. The molecule has 2 amide bonds. The molecule has 0 saturated carbocycles. The zero-order chi connectivity index (χ0) is 14.5. The molecule has 0 aliphatic carbocycles. The molecule has 0 radical (unpaired) electrons. The molecule has 20 heavy (non-hydrogen) atoms. The Hall–Kier alpha value is -1.17. The van der Waals surface area contributed by atoms with Crippen LogP contribution in [-0.4, -0.2) is 45.2 Å². The summed E-state index contributed by atoms with van der Waals surface area (Å²) in [4.78, 5) is 14.1. The molecule has 1 saturated heterocycles. The maximum Gasteiger partial charge on any atom is 0.317 e. The van der Waals surface area contributed by atoms with Crippen molar-refractivity contribution in [3.8, 4) is 0 Å². The summed E-state index contributed by atoms with van der Waals surface area (Å²) in [6, 6.07) is 2.03. The van der Waals surface area contributed by atoms with Gasteiger partial charge in [-0.1, -0.05) is 20.8 Å². The first-order valence-corrected chi connectivity index (χ1v) is 8.32. The maximum atomic E-state index is 12.2. The predicted octanol–water partition coefficient (Wildman–Crippen LogP) is 2.26. The lowest BCUT2D eigenvalue weighted by Gasteiger charge is -2.34. The SMILES string of the molecule is CCc1cc(CNC(=O)N2CCS[C@H](C(C)C)C2)[nH]n1. The Bertz CT molecular complexity index is 446. The molecule has 1 atom stereocenters. The number of aryl methyl sites for hydroxylation is 1. The highest BCUT2D eigenvalue weighted by molar-refractivity contribution is 8.00. The van der Waals surface area contributed by atoms with Gasteiger partial charge in [-0.15, -0.1) is 0 Å². The highest BCUT2D eigenvalue weighted by Crippen LogP contribution is 2.24. The molecule has 0 aromatic carbocycles. The molecule has 1 aliphatic rings. The van der Waals surface area contributed by atoms with E-state index in [0.717, 1.165) is 36.7 Å². The highest BCUT2D eigenvalue weighted by Gasteiger charge is 2.25. The molecular formula is C14H24N4OS. The minimum Gasteiger partial charge on any atom is -0.332 e. The van der Waals surface area contributed by atoms with Gasteiger partial charge in [0.2, 0.25) is 0 Å². The fourth-order valence-electron chi connectivity index (χ4n) is 2.23. The summed E-state index contributed by atoms with van der Waals surface area (Å²) in [6.45, 7) is 8.70. The topological polar surface area (TPSA) is 61.0 Å². The van der Waals surface area contributed by atoms with Crippen LogP contribution in [0.2, 0.25) is 0 Å². The fourth-order valence-corrected chi connectivity index (χ4v) is 3.53. The molecule has 1 aromatic heterocycles. The van der Waals surface area contributed by atoms with Crippen molar-refractivity contribution in [2.75, 3.05) is 18.8 Å². The zero-order valence-electron chi connectivity index (χ0n) is 12.5. The van der Waals surface area contributed by atoms with Crippen LogP contribution in [0.4, 0.5) is 4.79 Å². The van der Waals surface area contributed by atoms with Gasteiger partial charge in [0.05, 0.1) is 17.9 Å². The van der Waals surface area contributed by atoms with Gasteiger partial charge in [-0.2, -0.15) is 16.9 Å². The number of hydrogen-bond donors (Lipinski definition) is 2. The van der Waals surface area contributed by atoms with Gasteiger partial charge in [0.1, 0.15) is 0 Å². The van der Waals surface area contributed by atoms with Crippen molar-refractivity contribution in [3.63, 3.8) is 0 Å². The number of aromatic amines is 1. The number of amides is 2. The number of rotatable bonds is 4. The number of thioether (sulfide) groups is 1. The van der Waals surface area contributed by atoms with Crippen molar-refractivity contribution in [1.82, 2.24) is 20.4 Å². The lowest BCUT2D eigenvalue weighted by Crippen LogP contribution is -2.47. The molecule has 2 N–H and O–H groups in total. The van der Waals surface area contributed by atoms with Gasteiger partial charge in [0.25, 0.3) is 0 Å². The van der Waals surface area contributed by atoms with Gasteiger partial charge in [0.15, 0.2) is 0 Å². The minimum absolute atomic E-state index is 0.0311. The molecule has 5 nitrogen and oxygen atoms in total. The Morgan fingerprint density at radius 1 is 1.65 bits per heavy atom. The second kappa shape index (κ2) is 7.02. The molecule has 0 bridgehead atoms. The Labute approximate surface area is 124 Å². The van der Waals surface area contributed by atoms with Gasteiger partial charge >= 0.3 is 6.03 Å². The van der Waals surface area contributed by atoms with E-state index in [1.54, 1.807) is 0 Å². The van der Waals surface area contributed by atoms with E-state index < -0.39 is 0 Å². The number of carbonyl (C=O) groups is 1. The van der Waals surface area contributed by atoms with E-state index in [0.29, 0.717) is 17.7 Å². The molecule has 0 spiro atoms. The first kappa shape index (κ1) is 15.2. The third kappa shape index (κ3) is 3.91. The van der Waals surface area contributed by atoms with Crippen molar-refractivity contribution < 1.29 is 4.79 Å². The molecule has 1 aliphatic heterocycles. The Balaban J connectivity index is 1.82. The average molecular weight is 296 g/mol. The van der Waals surface area contributed by atoms with Crippen LogP contribution < -0.4 is 5.32 Å². The van der Waals surface area contributed by atoms with E-state index >= 15 is 0 Å². The summed E-state index contributed by atoms with van der Waals surface area (Å²) in [5.41, 5.74) is 1.99. The van der Waals surface area contributed by atoms with Crippen LogP contribution in [0.5, 0.6) is 0 Å². The first-order chi connectivity index (χ1) is 9.60. The van der Waals surface area contributed by atoms with Crippen LogP contribution >= 0.6 is 11.8 Å². The summed E-state index contributed by atoms with van der Waals surface area (Å²) >= 11 is 1.98. The van der Waals surface area contributed by atoms with Gasteiger partial charge in [-0.05, 0) is 18.4 Å². The van der Waals surface area contributed by atoms with Gasteiger partial charge in [-0.3, -0.25) is 5.10 Å². The average Bonchev–Trinajstić information content (AvgIpc) is 2.93. The monoisotopic (exact) mass is 296 g/mol. The molecule has 1 aromatic rings. The third-order valence-corrected chi connectivity index (χ3v) is 5.14. The highest BCUT2D eigenvalue weighted by atomic mass is 32.2. The number of carbonyl (C=O) groups excluding carboxylic acids is 1. The van der Waals surface area contributed by atoms with E-state index in [9.17, 15) is 4.79 Å². The second-order valence-electron chi connectivity index (χ2n) is 5.50. The summed E-state index contributed by atoms with van der Waals surface area (Å²) in [5.74, 6) is 1.63. The molecule has 1 fully saturated rings. The number of H-pyrrole nitrogens is 1. The van der Waals surface area contributed by atoms with Crippen molar-refractivity contribution in [3.05, 3.63) is 17.5 Å². The van der Waals surface area contributed by atoms with Crippen LogP contribution in [0, 0.1) is 5.92 Å². The van der Waals surface area contributed by atoms with Crippen LogP contribution in [0.25, 0.3) is 0 Å². The zero-order valence-corrected chi connectivity index (χ0v) is 13.3. The molecule has 6 heteroatoms. The van der Waals surface area contributed by atoms with Crippen LogP contribution in [-0.2, 0) is 13.0 Å². The van der Waals surface area contributed by atoms with E-state index in [1.807, 2.05) is 22.7 Å². The van der Waals surface area contributed by atoms with Crippen molar-refractivity contribution in [2.24, 2.45) is 5.92 Å². The van der Waals surface area contributed by atoms with Crippen LogP contribution in [0.1, 0.15) is 32.2 Å². The molecule has 2 heterocycles. The molecule has 0 unspecified atom stereocenters. The maximum absolute atomic E-state index is 12.2. The Kier molecular flexibility index (Phi) is 5.34. The number of urea groups is 1. The van der Waals surface area contributed by atoms with Crippen LogP contribution in [0.15, 0.2) is 6.07 Å². The second-order valence-corrected chi connectivity index (χ2v) is 6.84. The van der Waals surface area contributed by atoms with E-state index in [1.165, 1.54) is 0 Å². The number of nitrogens with one attached hydrogen (secondary N) is 2. The van der Waals surface area contributed by atoms with E-state index in [2.05, 4.69) is 36.3 Å². The fraction of sp³-hybridized carbons (Fsp3) is 0.714. The summed E-state index contributed by atoms with van der Waals surface area (Å²) < 4.78 is 0.